The summed E-state index contributed by atoms with van der Waals surface area (Å²) < 4.78 is 75.0. The quantitative estimate of drug-likeness (QED) is 0.0375. The van der Waals surface area contributed by atoms with Crippen LogP contribution in [0.4, 0.5) is 22.7 Å². The Kier molecular flexibility index (Phi) is 20.3. The Bertz CT molecular complexity index is 2670. The maximum absolute atomic E-state index is 11.3. The van der Waals surface area contributed by atoms with Gasteiger partial charge in [0.15, 0.2) is 0 Å². The van der Waals surface area contributed by atoms with Gasteiger partial charge in [-0.3, -0.25) is 33.8 Å². The molecule has 0 atom stereocenters. The van der Waals surface area contributed by atoms with Crippen LogP contribution in [0.3, 0.4) is 0 Å². The van der Waals surface area contributed by atoms with Gasteiger partial charge in [0.1, 0.15) is 31.4 Å². The Morgan fingerprint density at radius 3 is 1.08 bits per heavy atom. The molecule has 2 heterocycles. The predicted molar refractivity (Wildman–Crippen MR) is 245 cm³/mol. The first kappa shape index (κ1) is 53.0. The van der Waals surface area contributed by atoms with Crippen molar-refractivity contribution < 1.29 is 45.6 Å². The molecule has 64 heavy (non-hydrogen) atoms. The lowest BCUT2D eigenvalue weighted by Crippen LogP contribution is -2.51. The third-order valence-corrected chi connectivity index (χ3v) is 10.4. The van der Waals surface area contributed by atoms with E-state index in [9.17, 15) is 35.5 Å². The van der Waals surface area contributed by atoms with Crippen molar-refractivity contribution in [3.8, 4) is 0 Å². The smallest absolute Gasteiger partial charge is 0.336 e. The molecule has 0 saturated heterocycles. The highest BCUT2D eigenvalue weighted by Gasteiger charge is 2.08. The minimum Gasteiger partial charge on any atom is -0.744 e. The van der Waals surface area contributed by atoms with Crippen molar-refractivity contribution >= 4 is 76.8 Å². The number of hydrogen-bond acceptors (Lipinski definition) is 14. The SMILES string of the molecule is CCN(CC)c1ccc2c(C)cc(=O)oc2c1.CCN(CC)c1ccc2c(C)cc(=O)oc2c1.NC(N)=[NH2+].NC(N)=[NH2+].O=S(=O)([O-])c1ccc(N=Nc2ccc(S(=O)(=O)[O-])cc2)cc1. The van der Waals surface area contributed by atoms with Gasteiger partial charge in [0, 0.05) is 72.6 Å². The third-order valence-electron chi connectivity index (χ3n) is 8.66. The monoisotopic (exact) mass is 922 g/mol. The van der Waals surface area contributed by atoms with Crippen LogP contribution in [-0.2, 0) is 20.2 Å². The number of rotatable bonds is 10. The van der Waals surface area contributed by atoms with Crippen LogP contribution in [0.25, 0.3) is 21.9 Å². The Morgan fingerprint density at radius 1 is 0.547 bits per heavy atom. The van der Waals surface area contributed by atoms with Crippen molar-refractivity contribution in [1.29, 1.82) is 0 Å². The van der Waals surface area contributed by atoms with Gasteiger partial charge in [0.25, 0.3) is 0 Å². The summed E-state index contributed by atoms with van der Waals surface area (Å²) in [4.78, 5) is 26.4. The van der Waals surface area contributed by atoms with Crippen LogP contribution in [-0.4, -0.2) is 64.0 Å². The summed E-state index contributed by atoms with van der Waals surface area (Å²) in [6.45, 7) is 16.1. The highest BCUT2D eigenvalue weighted by Crippen LogP contribution is 2.25. The Balaban J connectivity index is 0.000000306. The van der Waals surface area contributed by atoms with Gasteiger partial charge in [0.05, 0.1) is 21.2 Å². The van der Waals surface area contributed by atoms with Gasteiger partial charge in [0.2, 0.25) is 0 Å². The summed E-state index contributed by atoms with van der Waals surface area (Å²) in [6.07, 6.45) is 0. The number of guanidine groups is 2. The highest BCUT2D eigenvalue weighted by atomic mass is 32.2. The van der Waals surface area contributed by atoms with Crippen LogP contribution in [0.5, 0.6) is 0 Å². The molecule has 0 amide bonds. The van der Waals surface area contributed by atoms with E-state index in [-0.39, 0.29) is 33.0 Å². The molecule has 22 heteroatoms. The fourth-order valence-corrected chi connectivity index (χ4v) is 6.61. The largest absolute Gasteiger partial charge is 0.744 e. The second-order valence-electron chi connectivity index (χ2n) is 13.3. The van der Waals surface area contributed by atoms with Crippen LogP contribution in [0, 0.1) is 13.8 Å². The molecular weight excluding hydrogens is 869 g/mol. The standard InChI is InChI=1S/2C14H17NO2.C12H10N2O6S2.2CH5N3/c2*1-4-15(5-2)11-6-7-12-10(3)8-14(16)17-13(12)9-11;15-21(16,17)11-5-1-9(2-6-11)13-14-10-3-7-12(8-4-10)22(18,19)20;2*2-1(3)4/h2*6-9H,4-5H2,1-3H3;1-8H,(H,15,16,17)(H,18,19,20);2*(H5,2,3,4). The second kappa shape index (κ2) is 24.5. The van der Waals surface area contributed by atoms with Crippen LogP contribution in [0.1, 0.15) is 38.8 Å². The number of hydrogen-bond donors (Lipinski definition) is 6. The highest BCUT2D eigenvalue weighted by molar-refractivity contribution is 7.86. The van der Waals surface area contributed by atoms with Crippen molar-refractivity contribution in [1.82, 2.24) is 0 Å². The van der Waals surface area contributed by atoms with Crippen molar-refractivity contribution in [3.05, 3.63) is 129 Å². The molecule has 12 N–H and O–H groups in total. The maximum Gasteiger partial charge on any atom is 0.336 e. The summed E-state index contributed by atoms with van der Waals surface area (Å²) >= 11 is 0. The van der Waals surface area contributed by atoms with Crippen LogP contribution in [0.15, 0.2) is 136 Å². The zero-order valence-electron chi connectivity index (χ0n) is 36.2. The number of azo groups is 1. The van der Waals surface area contributed by atoms with Crippen molar-refractivity contribution in [2.45, 2.75) is 51.3 Å². The molecule has 4 aromatic carbocycles. The van der Waals surface area contributed by atoms with Crippen LogP contribution in [0.2, 0.25) is 0 Å². The number of aryl methyl sites for hydroxylation is 2. The molecule has 6 rings (SSSR count). The van der Waals surface area contributed by atoms with E-state index in [0.717, 1.165) is 83.7 Å². The minimum absolute atomic E-state index is 0.0833. The van der Waals surface area contributed by atoms with Gasteiger partial charge in [-0.15, -0.1) is 0 Å². The number of benzene rings is 4. The van der Waals surface area contributed by atoms with E-state index in [1.54, 1.807) is 0 Å². The molecule has 0 fully saturated rings. The van der Waals surface area contributed by atoms with Crippen LogP contribution >= 0.6 is 0 Å². The molecule has 0 aliphatic heterocycles. The first-order chi connectivity index (χ1) is 29.9. The second-order valence-corrected chi connectivity index (χ2v) is 16.1. The predicted octanol–water partition coefficient (Wildman–Crippen LogP) is 1.84. The lowest BCUT2D eigenvalue weighted by molar-refractivity contribution is -0.117. The van der Waals surface area contributed by atoms with E-state index in [4.69, 9.17) is 8.83 Å². The molecule has 344 valence electrons. The van der Waals surface area contributed by atoms with E-state index in [2.05, 4.69) is 93.6 Å². The topological polar surface area (TPSA) is 361 Å². The average molecular weight is 923 g/mol. The lowest BCUT2D eigenvalue weighted by Gasteiger charge is -2.21. The molecule has 6 aromatic rings. The average Bonchev–Trinajstić information content (AvgIpc) is 3.20. The lowest BCUT2D eigenvalue weighted by atomic mass is 10.1. The van der Waals surface area contributed by atoms with E-state index in [1.165, 1.54) is 36.4 Å². The fraction of sp³-hybridized carbons (Fsp3) is 0.238. The van der Waals surface area contributed by atoms with Crippen molar-refractivity contribution in [2.75, 3.05) is 36.0 Å². The van der Waals surface area contributed by atoms with Crippen LogP contribution < -0.4 is 54.8 Å². The van der Waals surface area contributed by atoms with E-state index in [0.29, 0.717) is 22.5 Å². The molecule has 0 aliphatic carbocycles. The molecule has 0 bridgehead atoms. The summed E-state index contributed by atoms with van der Waals surface area (Å²) in [5, 5.41) is 18.8. The molecule has 0 saturated carbocycles. The normalized spacial score (nSPS) is 10.8. The molecule has 0 spiro atoms. The molecule has 0 radical (unpaired) electrons. The number of fused-ring (bicyclic) bond motifs is 2. The van der Waals surface area contributed by atoms with E-state index < -0.39 is 20.2 Å². The van der Waals surface area contributed by atoms with E-state index >= 15 is 0 Å². The summed E-state index contributed by atoms with van der Waals surface area (Å²) in [7, 11) is -9.03. The Hall–Kier alpha value is -7.14. The van der Waals surface area contributed by atoms with Gasteiger partial charge in [-0.25, -0.2) is 26.4 Å². The van der Waals surface area contributed by atoms with Gasteiger partial charge >= 0.3 is 23.2 Å². The molecule has 0 aliphatic rings. The fourth-order valence-electron chi connectivity index (χ4n) is 5.67. The number of anilines is 2. The number of nitrogens with two attached hydrogens (primary N) is 6. The van der Waals surface area contributed by atoms with Gasteiger partial charge in [-0.1, -0.05) is 0 Å². The zero-order chi connectivity index (χ0) is 48.4. The minimum atomic E-state index is -4.51. The van der Waals surface area contributed by atoms with Gasteiger partial charge in [-0.2, -0.15) is 10.2 Å². The van der Waals surface area contributed by atoms with E-state index in [1.807, 2.05) is 38.1 Å². The summed E-state index contributed by atoms with van der Waals surface area (Å²) in [5.41, 5.74) is 23.8. The molecule has 2 aromatic heterocycles. The van der Waals surface area contributed by atoms with Gasteiger partial charge in [-0.05, 0) is 125 Å². The maximum atomic E-state index is 11.3. The first-order valence-corrected chi connectivity index (χ1v) is 22.1. The molecular formula is C42H54N10O10S2. The Labute approximate surface area is 370 Å². The molecule has 20 nitrogen and oxygen atoms in total. The van der Waals surface area contributed by atoms with Crippen molar-refractivity contribution in [2.24, 2.45) is 33.2 Å². The summed E-state index contributed by atoms with van der Waals surface area (Å²) in [6, 6.07) is 24.7. The summed E-state index contributed by atoms with van der Waals surface area (Å²) in [5.74, 6) is -0.167. The zero-order valence-corrected chi connectivity index (χ0v) is 37.9. The third kappa shape index (κ3) is 17.3. The first-order valence-electron chi connectivity index (χ1n) is 19.3. The van der Waals surface area contributed by atoms with Crippen molar-refractivity contribution in [3.63, 3.8) is 0 Å². The molecule has 0 unspecified atom stereocenters. The van der Waals surface area contributed by atoms with Gasteiger partial charge < -0.3 is 27.7 Å². The number of nitrogens with zero attached hydrogens (tertiary/aromatic N) is 4. The Morgan fingerprint density at radius 2 is 0.828 bits per heavy atom.